The lowest BCUT2D eigenvalue weighted by Crippen LogP contribution is -1.93. The Bertz CT molecular complexity index is 1390. The van der Waals surface area contributed by atoms with E-state index in [1.807, 2.05) is 12.1 Å². The highest BCUT2D eigenvalue weighted by molar-refractivity contribution is 6.21. The first-order valence-electron chi connectivity index (χ1n) is 9.58. The van der Waals surface area contributed by atoms with Crippen LogP contribution in [-0.4, -0.2) is 5.11 Å². The predicted molar refractivity (Wildman–Crippen MR) is 115 cm³/mol. The largest absolute Gasteiger partial charge is 0.488 e. The van der Waals surface area contributed by atoms with Gasteiger partial charge in [0, 0.05) is 16.3 Å². The zero-order valence-corrected chi connectivity index (χ0v) is 15.3. The van der Waals surface area contributed by atoms with E-state index < -0.39 is 0 Å². The summed E-state index contributed by atoms with van der Waals surface area (Å²) in [5.74, 6) is 0.911. The van der Waals surface area contributed by atoms with E-state index in [-0.39, 0.29) is 6.61 Å². The van der Waals surface area contributed by atoms with Crippen LogP contribution in [0.15, 0.2) is 78.9 Å². The molecule has 5 aromatic carbocycles. The van der Waals surface area contributed by atoms with Crippen LogP contribution in [0.5, 0.6) is 5.75 Å². The number of benzene rings is 5. The Morgan fingerprint density at radius 2 is 1.43 bits per heavy atom. The van der Waals surface area contributed by atoms with Gasteiger partial charge >= 0.3 is 0 Å². The molecule has 1 N–H and O–H groups in total. The fourth-order valence-corrected chi connectivity index (χ4v) is 4.70. The molecule has 0 aliphatic carbocycles. The van der Waals surface area contributed by atoms with Gasteiger partial charge in [-0.1, -0.05) is 78.9 Å². The Morgan fingerprint density at radius 3 is 2.32 bits per heavy atom. The van der Waals surface area contributed by atoms with Crippen molar-refractivity contribution in [3.8, 4) is 16.9 Å². The lowest BCUT2D eigenvalue weighted by atomic mass is 9.87. The van der Waals surface area contributed by atoms with E-state index in [4.69, 9.17) is 4.74 Å². The minimum atomic E-state index is -0.00362. The van der Waals surface area contributed by atoms with E-state index in [0.29, 0.717) is 6.61 Å². The van der Waals surface area contributed by atoms with Crippen molar-refractivity contribution in [1.82, 2.24) is 0 Å². The van der Waals surface area contributed by atoms with Crippen LogP contribution in [0, 0.1) is 0 Å². The number of fused-ring (bicyclic) bond motifs is 3. The molecule has 0 bridgehead atoms. The van der Waals surface area contributed by atoms with E-state index >= 15 is 0 Å². The van der Waals surface area contributed by atoms with Gasteiger partial charge in [-0.25, -0.2) is 0 Å². The minimum Gasteiger partial charge on any atom is -0.488 e. The second kappa shape index (κ2) is 5.82. The second-order valence-corrected chi connectivity index (χ2v) is 7.36. The number of aliphatic hydroxyl groups excluding tert-OH is 1. The molecule has 0 saturated heterocycles. The summed E-state index contributed by atoms with van der Waals surface area (Å²) in [5, 5.41) is 17.0. The van der Waals surface area contributed by atoms with Gasteiger partial charge in [0.15, 0.2) is 0 Å². The Balaban J connectivity index is 1.90. The predicted octanol–water partition coefficient (Wildman–Crippen LogP) is 6.20. The molecular weight excluding hydrogens is 344 g/mol. The Kier molecular flexibility index (Phi) is 3.26. The highest BCUT2D eigenvalue weighted by Gasteiger charge is 2.24. The Labute approximate surface area is 162 Å². The monoisotopic (exact) mass is 362 g/mol. The zero-order chi connectivity index (χ0) is 18.7. The van der Waals surface area contributed by atoms with Crippen LogP contribution in [0.4, 0.5) is 0 Å². The number of ether oxygens (including phenoxy) is 1. The van der Waals surface area contributed by atoms with Crippen molar-refractivity contribution in [2.75, 3.05) is 0 Å². The number of hydrogen-bond donors (Lipinski definition) is 1. The summed E-state index contributed by atoms with van der Waals surface area (Å²) < 4.78 is 6.14. The standard InChI is InChI=1S/C26H18O2/c27-14-17-8-4-12-21-23(17)26-24-18(15-28-26)9-5-13-22(24)25(21)20-11-3-7-16-6-1-2-10-19(16)20/h1-13,27H,14-15H2. The normalized spacial score (nSPS) is 12.8. The maximum absolute atomic E-state index is 10.0. The topological polar surface area (TPSA) is 29.5 Å². The first kappa shape index (κ1) is 15.7. The van der Waals surface area contributed by atoms with Crippen molar-refractivity contribution in [2.45, 2.75) is 13.2 Å². The molecule has 6 rings (SSSR count). The lowest BCUT2D eigenvalue weighted by molar-refractivity contribution is 0.282. The molecule has 5 aromatic rings. The minimum absolute atomic E-state index is 0.00362. The molecule has 134 valence electrons. The van der Waals surface area contributed by atoms with E-state index in [9.17, 15) is 5.11 Å². The average molecular weight is 362 g/mol. The molecule has 0 amide bonds. The smallest absolute Gasteiger partial charge is 0.136 e. The molecule has 0 aromatic heterocycles. The van der Waals surface area contributed by atoms with Crippen molar-refractivity contribution in [2.24, 2.45) is 0 Å². The zero-order valence-electron chi connectivity index (χ0n) is 15.3. The van der Waals surface area contributed by atoms with Crippen molar-refractivity contribution < 1.29 is 9.84 Å². The third kappa shape index (κ3) is 2.01. The van der Waals surface area contributed by atoms with Gasteiger partial charge in [-0.3, -0.25) is 0 Å². The van der Waals surface area contributed by atoms with Crippen molar-refractivity contribution in [1.29, 1.82) is 0 Å². The van der Waals surface area contributed by atoms with Crippen LogP contribution in [0.2, 0.25) is 0 Å². The Morgan fingerprint density at radius 1 is 0.714 bits per heavy atom. The summed E-state index contributed by atoms with van der Waals surface area (Å²) in [6, 6.07) is 27.6. The highest BCUT2D eigenvalue weighted by Crippen LogP contribution is 2.49. The third-order valence-electron chi connectivity index (χ3n) is 5.90. The molecule has 0 spiro atoms. The van der Waals surface area contributed by atoms with E-state index in [0.717, 1.165) is 22.1 Å². The summed E-state index contributed by atoms with van der Waals surface area (Å²) >= 11 is 0. The van der Waals surface area contributed by atoms with Gasteiger partial charge in [-0.15, -0.1) is 0 Å². The van der Waals surface area contributed by atoms with Crippen LogP contribution in [-0.2, 0) is 13.2 Å². The molecular formula is C26H18O2. The van der Waals surface area contributed by atoms with Gasteiger partial charge in [-0.2, -0.15) is 0 Å². The maximum Gasteiger partial charge on any atom is 0.136 e. The molecule has 2 nitrogen and oxygen atoms in total. The fraction of sp³-hybridized carbons (Fsp3) is 0.0769. The molecule has 1 aliphatic rings. The quantitative estimate of drug-likeness (QED) is 0.379. The van der Waals surface area contributed by atoms with E-state index in [1.54, 1.807) is 0 Å². The maximum atomic E-state index is 10.0. The molecule has 2 heteroatoms. The summed E-state index contributed by atoms with van der Waals surface area (Å²) in [7, 11) is 0. The van der Waals surface area contributed by atoms with Gasteiger partial charge in [0.1, 0.15) is 12.4 Å². The van der Waals surface area contributed by atoms with Crippen molar-refractivity contribution in [3.63, 3.8) is 0 Å². The molecule has 0 unspecified atom stereocenters. The van der Waals surface area contributed by atoms with Gasteiger partial charge in [0.25, 0.3) is 0 Å². The van der Waals surface area contributed by atoms with Crippen LogP contribution >= 0.6 is 0 Å². The molecule has 0 radical (unpaired) electrons. The van der Waals surface area contributed by atoms with Gasteiger partial charge in [0.05, 0.1) is 6.61 Å². The highest BCUT2D eigenvalue weighted by atomic mass is 16.5. The number of rotatable bonds is 2. The first-order valence-corrected chi connectivity index (χ1v) is 9.58. The number of hydrogen-bond acceptors (Lipinski definition) is 2. The average Bonchev–Trinajstić information content (AvgIpc) is 3.19. The summed E-state index contributed by atoms with van der Waals surface area (Å²) in [6.07, 6.45) is 0. The lowest BCUT2D eigenvalue weighted by Gasteiger charge is -2.17. The van der Waals surface area contributed by atoms with Crippen molar-refractivity contribution in [3.05, 3.63) is 90.0 Å². The summed E-state index contributed by atoms with van der Waals surface area (Å²) in [5.41, 5.74) is 4.55. The molecule has 28 heavy (non-hydrogen) atoms. The molecule has 0 saturated carbocycles. The van der Waals surface area contributed by atoms with Crippen LogP contribution in [0.1, 0.15) is 11.1 Å². The fourth-order valence-electron chi connectivity index (χ4n) is 4.70. The molecule has 1 aliphatic heterocycles. The molecule has 1 heterocycles. The first-order chi connectivity index (χ1) is 13.9. The van der Waals surface area contributed by atoms with Crippen molar-refractivity contribution >= 4 is 32.3 Å². The van der Waals surface area contributed by atoms with Gasteiger partial charge in [0.2, 0.25) is 0 Å². The molecule has 0 fully saturated rings. The second-order valence-electron chi connectivity index (χ2n) is 7.36. The SMILES string of the molecule is OCc1cccc2c(-c3cccc4ccccc34)c3cccc4c3c(c12)OC4. The van der Waals surface area contributed by atoms with Crippen LogP contribution in [0.25, 0.3) is 43.4 Å². The molecule has 0 atom stereocenters. The van der Waals surface area contributed by atoms with E-state index in [2.05, 4.69) is 66.7 Å². The Hall–Kier alpha value is -3.36. The summed E-state index contributed by atoms with van der Waals surface area (Å²) in [4.78, 5) is 0. The summed E-state index contributed by atoms with van der Waals surface area (Å²) in [6.45, 7) is 0.580. The van der Waals surface area contributed by atoms with E-state index in [1.165, 1.54) is 38.2 Å². The van der Waals surface area contributed by atoms with Crippen LogP contribution in [0.3, 0.4) is 0 Å². The number of aliphatic hydroxyl groups is 1. The van der Waals surface area contributed by atoms with Gasteiger partial charge in [-0.05, 0) is 38.2 Å². The van der Waals surface area contributed by atoms with Gasteiger partial charge < -0.3 is 9.84 Å². The van der Waals surface area contributed by atoms with Crippen LogP contribution < -0.4 is 4.74 Å². The third-order valence-corrected chi connectivity index (χ3v) is 5.90.